The summed E-state index contributed by atoms with van der Waals surface area (Å²) in [4.78, 5) is 26.7. The topological polar surface area (TPSA) is 69.6 Å². The van der Waals surface area contributed by atoms with E-state index in [2.05, 4.69) is 53.5 Å². The maximum atomic E-state index is 13.4. The molecule has 6 heteroatoms. The molecule has 0 aromatic carbocycles. The molecule has 3 saturated carbocycles. The van der Waals surface area contributed by atoms with Crippen molar-refractivity contribution in [1.82, 2.24) is 14.9 Å². The molecule has 220 valence electrons. The third-order valence-electron chi connectivity index (χ3n) is 12.7. The minimum Gasteiger partial charge on any atom is -0.393 e. The number of aryl methyl sites for hydroxylation is 1. The molecule has 4 aliphatic carbocycles. The van der Waals surface area contributed by atoms with Crippen molar-refractivity contribution >= 4 is 11.7 Å². The van der Waals surface area contributed by atoms with Gasteiger partial charge in [-0.25, -0.2) is 9.97 Å². The van der Waals surface area contributed by atoms with Gasteiger partial charge in [0.25, 0.3) is 0 Å². The van der Waals surface area contributed by atoms with Gasteiger partial charge in [-0.15, -0.1) is 0 Å². The van der Waals surface area contributed by atoms with Crippen molar-refractivity contribution in [2.75, 3.05) is 24.5 Å². The van der Waals surface area contributed by atoms with Crippen molar-refractivity contribution in [3.8, 4) is 0 Å². The van der Waals surface area contributed by atoms with Crippen LogP contribution in [0.3, 0.4) is 0 Å². The second kappa shape index (κ2) is 10.7. The van der Waals surface area contributed by atoms with Crippen molar-refractivity contribution in [3.63, 3.8) is 0 Å². The molecule has 4 fully saturated rings. The fourth-order valence-corrected chi connectivity index (χ4v) is 10.5. The van der Waals surface area contributed by atoms with Crippen LogP contribution in [-0.2, 0) is 4.79 Å². The number of aliphatic hydroxyl groups excluding tert-OH is 1. The molecule has 5 aliphatic rings. The molecule has 0 radical (unpaired) electrons. The summed E-state index contributed by atoms with van der Waals surface area (Å²) in [5.74, 6) is 5.82. The maximum absolute atomic E-state index is 13.4. The predicted molar refractivity (Wildman–Crippen MR) is 160 cm³/mol. The number of rotatable bonds is 5. The van der Waals surface area contributed by atoms with Crippen LogP contribution in [0.25, 0.3) is 0 Å². The van der Waals surface area contributed by atoms with Crippen molar-refractivity contribution in [3.05, 3.63) is 29.7 Å². The molecule has 2 unspecified atom stereocenters. The molecule has 1 aromatic rings. The van der Waals surface area contributed by atoms with E-state index in [9.17, 15) is 9.90 Å². The standard InChI is InChI=1S/C34H52N4O2/c1-22(6-11-32(40)38-19-18-37(21-23(38)2)31-14-17-35-24(3)36-31)28-9-10-29-27-8-7-25-20-26(39)12-15-33(25,4)30(27)13-16-34(28,29)5/h7,14,17,22-23,26-30,39H,6,8-13,15-16,18-21H2,1-5H3/t22?,23?,26-,27-,28+,29-,30-,33-,34+/m0/s1. The van der Waals surface area contributed by atoms with Gasteiger partial charge in [-0.2, -0.15) is 0 Å². The van der Waals surface area contributed by atoms with Gasteiger partial charge in [0.1, 0.15) is 11.6 Å². The van der Waals surface area contributed by atoms with Crippen LogP contribution < -0.4 is 4.90 Å². The fraction of sp³-hybridized carbons (Fsp3) is 0.794. The summed E-state index contributed by atoms with van der Waals surface area (Å²) in [6.07, 6.45) is 15.6. The molecule has 2 heterocycles. The number of nitrogens with zero attached hydrogens (tertiary/aromatic N) is 4. The Morgan fingerprint density at radius 2 is 1.98 bits per heavy atom. The summed E-state index contributed by atoms with van der Waals surface area (Å²) < 4.78 is 0. The molecule has 1 N–H and O–H groups in total. The summed E-state index contributed by atoms with van der Waals surface area (Å²) in [5, 5.41) is 10.3. The minimum atomic E-state index is -0.126. The zero-order chi connectivity index (χ0) is 28.2. The number of aliphatic hydroxyl groups is 1. The van der Waals surface area contributed by atoms with Gasteiger partial charge >= 0.3 is 0 Å². The molecule has 0 bridgehead atoms. The number of hydrogen-bond donors (Lipinski definition) is 1. The lowest BCUT2D eigenvalue weighted by molar-refractivity contribution is -0.134. The third kappa shape index (κ3) is 4.80. The zero-order valence-corrected chi connectivity index (χ0v) is 25.6. The molecule has 1 saturated heterocycles. The molecule has 40 heavy (non-hydrogen) atoms. The van der Waals surface area contributed by atoms with Crippen LogP contribution >= 0.6 is 0 Å². The van der Waals surface area contributed by atoms with Gasteiger partial charge in [0.05, 0.1) is 6.10 Å². The average Bonchev–Trinajstić information content (AvgIpc) is 3.29. The van der Waals surface area contributed by atoms with E-state index in [-0.39, 0.29) is 12.1 Å². The van der Waals surface area contributed by atoms with Crippen LogP contribution in [0, 0.1) is 47.3 Å². The fourth-order valence-electron chi connectivity index (χ4n) is 10.5. The van der Waals surface area contributed by atoms with Crippen LogP contribution in [0.2, 0.25) is 0 Å². The number of carbonyl (C=O) groups excluding carboxylic acids is 1. The van der Waals surface area contributed by atoms with Crippen molar-refractivity contribution in [2.45, 2.75) is 111 Å². The second-order valence-electron chi connectivity index (χ2n) is 14.7. The lowest BCUT2D eigenvalue weighted by atomic mass is 9.47. The first-order valence-corrected chi connectivity index (χ1v) is 16.3. The summed E-state index contributed by atoms with van der Waals surface area (Å²) >= 11 is 0. The number of allylic oxidation sites excluding steroid dienone is 1. The first-order chi connectivity index (χ1) is 19.1. The van der Waals surface area contributed by atoms with E-state index in [0.717, 1.165) is 80.6 Å². The van der Waals surface area contributed by atoms with E-state index >= 15 is 0 Å². The molecule has 1 aliphatic heterocycles. The molecule has 1 aromatic heterocycles. The molecular weight excluding hydrogens is 496 g/mol. The predicted octanol–water partition coefficient (Wildman–Crippen LogP) is 6.18. The van der Waals surface area contributed by atoms with Crippen LogP contribution in [0.15, 0.2) is 23.9 Å². The van der Waals surface area contributed by atoms with E-state index in [1.807, 2.05) is 19.2 Å². The van der Waals surface area contributed by atoms with Gasteiger partial charge in [0, 0.05) is 38.3 Å². The first kappa shape index (κ1) is 28.2. The van der Waals surface area contributed by atoms with E-state index < -0.39 is 0 Å². The number of amides is 1. The normalized spacial score (nSPS) is 40.1. The quantitative estimate of drug-likeness (QED) is 0.445. The highest BCUT2D eigenvalue weighted by Gasteiger charge is 2.59. The summed E-state index contributed by atoms with van der Waals surface area (Å²) in [6.45, 7) is 14.1. The number of hydrogen-bond acceptors (Lipinski definition) is 5. The number of carbonyl (C=O) groups is 1. The Balaban J connectivity index is 1.05. The highest BCUT2D eigenvalue weighted by Crippen LogP contribution is 2.67. The van der Waals surface area contributed by atoms with Crippen LogP contribution in [-0.4, -0.2) is 57.7 Å². The Labute approximate surface area is 242 Å². The third-order valence-corrected chi connectivity index (χ3v) is 12.7. The molecule has 0 spiro atoms. The van der Waals surface area contributed by atoms with E-state index in [1.54, 1.807) is 5.57 Å². The number of piperazine rings is 1. The van der Waals surface area contributed by atoms with E-state index in [4.69, 9.17) is 0 Å². The highest BCUT2D eigenvalue weighted by atomic mass is 16.3. The number of anilines is 1. The van der Waals surface area contributed by atoms with Gasteiger partial charge in [-0.05, 0) is 118 Å². The molecule has 6 nitrogen and oxygen atoms in total. The Kier molecular flexibility index (Phi) is 7.55. The van der Waals surface area contributed by atoms with Crippen LogP contribution in [0.5, 0.6) is 0 Å². The Bertz CT molecular complexity index is 1140. The summed E-state index contributed by atoms with van der Waals surface area (Å²) in [6, 6.07) is 2.17. The maximum Gasteiger partial charge on any atom is 0.222 e. The lowest BCUT2D eigenvalue weighted by Gasteiger charge is -2.58. The monoisotopic (exact) mass is 548 g/mol. The highest BCUT2D eigenvalue weighted by molar-refractivity contribution is 5.77. The first-order valence-electron chi connectivity index (χ1n) is 16.3. The van der Waals surface area contributed by atoms with Crippen LogP contribution in [0.4, 0.5) is 5.82 Å². The second-order valence-corrected chi connectivity index (χ2v) is 14.7. The van der Waals surface area contributed by atoms with Crippen molar-refractivity contribution in [2.24, 2.45) is 40.4 Å². The average molecular weight is 549 g/mol. The lowest BCUT2D eigenvalue weighted by Crippen LogP contribution is -2.54. The van der Waals surface area contributed by atoms with Crippen molar-refractivity contribution in [1.29, 1.82) is 0 Å². The number of fused-ring (bicyclic) bond motifs is 5. The summed E-state index contributed by atoms with van der Waals surface area (Å²) in [5.41, 5.74) is 2.29. The number of aromatic nitrogens is 2. The minimum absolute atomic E-state index is 0.126. The van der Waals surface area contributed by atoms with E-state index in [1.165, 1.54) is 32.1 Å². The molecule has 9 atom stereocenters. The van der Waals surface area contributed by atoms with Gasteiger partial charge < -0.3 is 14.9 Å². The molecular formula is C34H52N4O2. The Hall–Kier alpha value is -1.95. The zero-order valence-electron chi connectivity index (χ0n) is 25.6. The smallest absolute Gasteiger partial charge is 0.222 e. The summed E-state index contributed by atoms with van der Waals surface area (Å²) in [7, 11) is 0. The van der Waals surface area contributed by atoms with Gasteiger partial charge in [0.15, 0.2) is 0 Å². The van der Waals surface area contributed by atoms with Gasteiger partial charge in [-0.3, -0.25) is 4.79 Å². The molecule has 1 amide bonds. The Morgan fingerprint density at radius 3 is 2.75 bits per heavy atom. The molecule has 6 rings (SSSR count). The van der Waals surface area contributed by atoms with Crippen molar-refractivity contribution < 1.29 is 9.90 Å². The van der Waals surface area contributed by atoms with Gasteiger partial charge in [0.2, 0.25) is 5.91 Å². The van der Waals surface area contributed by atoms with Crippen LogP contribution in [0.1, 0.15) is 97.7 Å². The van der Waals surface area contributed by atoms with Gasteiger partial charge in [-0.1, -0.05) is 32.4 Å². The Morgan fingerprint density at radius 1 is 1.15 bits per heavy atom. The van der Waals surface area contributed by atoms with E-state index in [0.29, 0.717) is 29.1 Å². The SMILES string of the molecule is Cc1nccc(N2CCN(C(=O)CCC(C)[C@H]3CC[C@H]4[C@@H]5CC=C6C[C@@H](O)CC[C@]6(C)[C@H]5CC[C@]34C)C(C)C2)n1. The largest absolute Gasteiger partial charge is 0.393 e.